The Labute approximate surface area is 140 Å². The third-order valence-electron chi connectivity index (χ3n) is 3.62. The van der Waals surface area contributed by atoms with Crippen LogP contribution < -0.4 is 5.32 Å². The Morgan fingerprint density at radius 3 is 2.65 bits per heavy atom. The van der Waals surface area contributed by atoms with Crippen LogP contribution in [0.2, 0.25) is 0 Å². The third kappa shape index (κ3) is 4.99. The molecule has 2 rings (SSSR count). The van der Waals surface area contributed by atoms with Crippen LogP contribution in [0.3, 0.4) is 0 Å². The van der Waals surface area contributed by atoms with Crippen molar-refractivity contribution >= 4 is 34.4 Å². The van der Waals surface area contributed by atoms with Gasteiger partial charge in [-0.25, -0.2) is 4.79 Å². The van der Waals surface area contributed by atoms with E-state index in [4.69, 9.17) is 0 Å². The van der Waals surface area contributed by atoms with Gasteiger partial charge in [-0.2, -0.15) is 11.8 Å². The van der Waals surface area contributed by atoms with Gasteiger partial charge >= 0.3 is 5.97 Å². The van der Waals surface area contributed by atoms with Crippen molar-refractivity contribution in [2.45, 2.75) is 25.8 Å². The molecule has 4 nitrogen and oxygen atoms in total. The zero-order valence-corrected chi connectivity index (χ0v) is 13.9. The molecule has 2 aromatic carbocycles. The molecule has 0 bridgehead atoms. The maximum atomic E-state index is 12.2. The van der Waals surface area contributed by atoms with Gasteiger partial charge in [0.25, 0.3) is 0 Å². The highest BCUT2D eigenvalue weighted by Crippen LogP contribution is 2.19. The highest BCUT2D eigenvalue weighted by atomic mass is 32.2. The summed E-state index contributed by atoms with van der Waals surface area (Å²) >= 11 is 1.67. The number of nitrogens with one attached hydrogen (secondary N) is 1. The van der Waals surface area contributed by atoms with Crippen LogP contribution in [0, 0.1) is 0 Å². The smallest absolute Gasteiger partial charge is 0.326 e. The fourth-order valence-electron chi connectivity index (χ4n) is 2.47. The van der Waals surface area contributed by atoms with E-state index in [1.165, 1.54) is 0 Å². The predicted octanol–water partition coefficient (Wildman–Crippen LogP) is 3.09. The summed E-state index contributed by atoms with van der Waals surface area (Å²) in [6, 6.07) is 12.9. The van der Waals surface area contributed by atoms with Crippen molar-refractivity contribution in [2.24, 2.45) is 0 Å². The molecule has 23 heavy (non-hydrogen) atoms. The first-order valence-electron chi connectivity index (χ1n) is 7.68. The summed E-state index contributed by atoms with van der Waals surface area (Å²) < 4.78 is 0. The van der Waals surface area contributed by atoms with Crippen molar-refractivity contribution < 1.29 is 14.7 Å². The standard InChI is InChI=1S/C18H21NO3S/c1-2-23-11-10-16(18(21)22)19-17(20)12-14-8-5-7-13-6-3-4-9-15(13)14/h3-9,16H,2,10-12H2,1H3,(H,19,20)(H,21,22). The SMILES string of the molecule is CCSCCC(NC(=O)Cc1cccc2ccccc12)C(=O)O. The number of carboxylic acids is 1. The van der Waals surface area contributed by atoms with Crippen LogP contribution in [0.4, 0.5) is 0 Å². The molecule has 122 valence electrons. The number of amides is 1. The Bertz CT molecular complexity index is 682. The Morgan fingerprint density at radius 2 is 1.91 bits per heavy atom. The number of carbonyl (C=O) groups is 2. The molecule has 0 heterocycles. The second kappa shape index (κ2) is 8.58. The number of fused-ring (bicyclic) bond motifs is 1. The Morgan fingerprint density at radius 1 is 1.17 bits per heavy atom. The summed E-state index contributed by atoms with van der Waals surface area (Å²) in [6.07, 6.45) is 0.626. The fourth-order valence-corrected chi connectivity index (χ4v) is 3.16. The fraction of sp³-hybridized carbons (Fsp3) is 0.333. The van der Waals surface area contributed by atoms with Crippen molar-refractivity contribution in [3.05, 3.63) is 48.0 Å². The minimum Gasteiger partial charge on any atom is -0.480 e. The Balaban J connectivity index is 2.03. The van der Waals surface area contributed by atoms with Gasteiger partial charge in [-0.15, -0.1) is 0 Å². The molecular weight excluding hydrogens is 310 g/mol. The molecule has 5 heteroatoms. The molecule has 0 aliphatic heterocycles. The molecule has 1 amide bonds. The van der Waals surface area contributed by atoms with Crippen molar-refractivity contribution in [2.75, 3.05) is 11.5 Å². The lowest BCUT2D eigenvalue weighted by atomic mass is 10.0. The van der Waals surface area contributed by atoms with E-state index in [1.807, 2.05) is 49.4 Å². The largest absolute Gasteiger partial charge is 0.480 e. The summed E-state index contributed by atoms with van der Waals surface area (Å²) in [6.45, 7) is 2.03. The van der Waals surface area contributed by atoms with Gasteiger partial charge in [-0.3, -0.25) is 4.79 Å². The van der Waals surface area contributed by atoms with Gasteiger partial charge in [0.15, 0.2) is 0 Å². The molecule has 0 spiro atoms. The highest BCUT2D eigenvalue weighted by molar-refractivity contribution is 7.99. The number of hydrogen-bond donors (Lipinski definition) is 2. The van der Waals surface area contributed by atoms with Crippen molar-refractivity contribution in [1.82, 2.24) is 5.32 Å². The molecule has 1 unspecified atom stereocenters. The molecule has 0 aliphatic carbocycles. The summed E-state index contributed by atoms with van der Waals surface area (Å²) in [7, 11) is 0. The maximum Gasteiger partial charge on any atom is 0.326 e. The van der Waals surface area contributed by atoms with E-state index in [1.54, 1.807) is 11.8 Å². The molecule has 0 radical (unpaired) electrons. The minimum absolute atomic E-state index is 0.187. The Hall–Kier alpha value is -2.01. The number of thioether (sulfide) groups is 1. The number of aliphatic carboxylic acids is 1. The molecule has 0 fully saturated rings. The van der Waals surface area contributed by atoms with Crippen LogP contribution in [0.5, 0.6) is 0 Å². The monoisotopic (exact) mass is 331 g/mol. The van der Waals surface area contributed by atoms with Crippen LogP contribution in [-0.2, 0) is 16.0 Å². The number of rotatable bonds is 8. The topological polar surface area (TPSA) is 66.4 Å². The molecule has 0 saturated carbocycles. The molecule has 0 aliphatic rings. The second-order valence-electron chi connectivity index (χ2n) is 5.26. The van der Waals surface area contributed by atoms with Gasteiger partial charge in [0.1, 0.15) is 6.04 Å². The lowest BCUT2D eigenvalue weighted by Gasteiger charge is -2.14. The molecule has 0 saturated heterocycles. The van der Waals surface area contributed by atoms with Crippen molar-refractivity contribution in [3.63, 3.8) is 0 Å². The second-order valence-corrected chi connectivity index (χ2v) is 6.65. The van der Waals surface area contributed by atoms with Crippen molar-refractivity contribution in [3.8, 4) is 0 Å². The summed E-state index contributed by atoms with van der Waals surface area (Å²) in [4.78, 5) is 23.5. The van der Waals surface area contributed by atoms with Gasteiger partial charge in [0.05, 0.1) is 6.42 Å². The summed E-state index contributed by atoms with van der Waals surface area (Å²) in [5, 5.41) is 14.0. The summed E-state index contributed by atoms with van der Waals surface area (Å²) in [5.74, 6) is 0.432. The lowest BCUT2D eigenvalue weighted by molar-refractivity contribution is -0.141. The normalized spacial score (nSPS) is 12.0. The Kier molecular flexibility index (Phi) is 6.47. The molecule has 0 aromatic heterocycles. The predicted molar refractivity (Wildman–Crippen MR) is 94.8 cm³/mol. The van der Waals surface area contributed by atoms with Gasteiger partial charge in [0, 0.05) is 0 Å². The molecular formula is C18H21NO3S. The van der Waals surface area contributed by atoms with Crippen LogP contribution in [0.15, 0.2) is 42.5 Å². The highest BCUT2D eigenvalue weighted by Gasteiger charge is 2.19. The lowest BCUT2D eigenvalue weighted by Crippen LogP contribution is -2.41. The zero-order chi connectivity index (χ0) is 16.7. The van der Waals surface area contributed by atoms with E-state index in [2.05, 4.69) is 5.32 Å². The van der Waals surface area contributed by atoms with Crippen LogP contribution in [0.25, 0.3) is 10.8 Å². The van der Waals surface area contributed by atoms with E-state index in [9.17, 15) is 14.7 Å². The average Bonchev–Trinajstić information content (AvgIpc) is 2.54. The van der Waals surface area contributed by atoms with E-state index in [0.717, 1.165) is 27.8 Å². The third-order valence-corrected chi connectivity index (χ3v) is 4.55. The number of carboxylic acid groups (broad SMARTS) is 1. The number of hydrogen-bond acceptors (Lipinski definition) is 3. The molecule has 1 atom stereocenters. The quantitative estimate of drug-likeness (QED) is 0.730. The van der Waals surface area contributed by atoms with E-state index in [0.29, 0.717) is 6.42 Å². The average molecular weight is 331 g/mol. The zero-order valence-electron chi connectivity index (χ0n) is 13.1. The van der Waals surface area contributed by atoms with Crippen LogP contribution >= 0.6 is 11.8 Å². The first-order chi connectivity index (χ1) is 11.1. The number of carbonyl (C=O) groups excluding carboxylic acids is 1. The first-order valence-corrected chi connectivity index (χ1v) is 8.84. The minimum atomic E-state index is -0.979. The van der Waals surface area contributed by atoms with Gasteiger partial charge in [0.2, 0.25) is 5.91 Å². The maximum absolute atomic E-state index is 12.2. The van der Waals surface area contributed by atoms with E-state index >= 15 is 0 Å². The number of benzene rings is 2. The van der Waals surface area contributed by atoms with Crippen LogP contribution in [0.1, 0.15) is 18.9 Å². The van der Waals surface area contributed by atoms with Gasteiger partial charge < -0.3 is 10.4 Å². The van der Waals surface area contributed by atoms with Crippen LogP contribution in [-0.4, -0.2) is 34.5 Å². The van der Waals surface area contributed by atoms with Gasteiger partial charge in [-0.05, 0) is 34.3 Å². The van der Waals surface area contributed by atoms with Gasteiger partial charge in [-0.1, -0.05) is 49.4 Å². The van der Waals surface area contributed by atoms with Crippen molar-refractivity contribution in [1.29, 1.82) is 0 Å². The van der Waals surface area contributed by atoms with E-state index in [-0.39, 0.29) is 12.3 Å². The van der Waals surface area contributed by atoms with E-state index < -0.39 is 12.0 Å². The summed E-state index contributed by atoms with van der Waals surface area (Å²) in [5.41, 5.74) is 0.910. The first kappa shape index (κ1) is 17.3. The molecule has 2 N–H and O–H groups in total. The molecule has 2 aromatic rings.